The third kappa shape index (κ3) is 5.17. The SMILES string of the molecule is CCOC(=O)C[C@H](C)[C@H](NC(=O)C(c1ccccc1)(c1ccccc1)c1ccccc1)C(N)=O. The molecule has 0 heterocycles. The monoisotopic (exact) mass is 458 g/mol. The van der Waals surface area contributed by atoms with E-state index < -0.39 is 35.2 Å². The summed E-state index contributed by atoms with van der Waals surface area (Å²) in [6.07, 6.45) is -0.0449. The summed E-state index contributed by atoms with van der Waals surface area (Å²) in [7, 11) is 0. The van der Waals surface area contributed by atoms with Crippen molar-refractivity contribution in [3.05, 3.63) is 108 Å². The molecule has 176 valence electrons. The van der Waals surface area contributed by atoms with Gasteiger partial charge in [-0.1, -0.05) is 97.9 Å². The van der Waals surface area contributed by atoms with Crippen LogP contribution in [0, 0.1) is 5.92 Å². The molecule has 0 spiro atoms. The number of carbonyl (C=O) groups excluding carboxylic acids is 3. The maximum absolute atomic E-state index is 14.3. The second-order valence-electron chi connectivity index (χ2n) is 8.19. The predicted octanol–water partition coefficient (Wildman–Crippen LogP) is 3.58. The average Bonchev–Trinajstić information content (AvgIpc) is 2.85. The molecule has 34 heavy (non-hydrogen) atoms. The first-order valence-corrected chi connectivity index (χ1v) is 11.3. The smallest absolute Gasteiger partial charge is 0.306 e. The van der Waals surface area contributed by atoms with E-state index >= 15 is 0 Å². The number of benzene rings is 3. The van der Waals surface area contributed by atoms with Gasteiger partial charge in [-0.2, -0.15) is 0 Å². The number of nitrogens with one attached hydrogen (secondary N) is 1. The predicted molar refractivity (Wildman–Crippen MR) is 131 cm³/mol. The van der Waals surface area contributed by atoms with Crippen molar-refractivity contribution in [2.75, 3.05) is 6.61 Å². The maximum Gasteiger partial charge on any atom is 0.306 e. The van der Waals surface area contributed by atoms with E-state index in [-0.39, 0.29) is 13.0 Å². The first-order valence-electron chi connectivity index (χ1n) is 11.3. The molecule has 0 fully saturated rings. The second-order valence-corrected chi connectivity index (χ2v) is 8.19. The number of hydrogen-bond acceptors (Lipinski definition) is 4. The van der Waals surface area contributed by atoms with Crippen molar-refractivity contribution >= 4 is 17.8 Å². The number of rotatable bonds is 10. The van der Waals surface area contributed by atoms with E-state index in [0.29, 0.717) is 0 Å². The topological polar surface area (TPSA) is 98.5 Å². The number of amides is 2. The highest BCUT2D eigenvalue weighted by Crippen LogP contribution is 2.39. The Morgan fingerprint density at radius 2 is 1.24 bits per heavy atom. The van der Waals surface area contributed by atoms with Crippen LogP contribution in [-0.2, 0) is 24.5 Å². The van der Waals surface area contributed by atoms with Crippen LogP contribution in [0.5, 0.6) is 0 Å². The van der Waals surface area contributed by atoms with E-state index in [1.54, 1.807) is 13.8 Å². The van der Waals surface area contributed by atoms with Crippen molar-refractivity contribution < 1.29 is 19.1 Å². The quantitative estimate of drug-likeness (QED) is 0.358. The van der Waals surface area contributed by atoms with Crippen molar-refractivity contribution in [1.29, 1.82) is 0 Å². The molecule has 3 N–H and O–H groups in total. The summed E-state index contributed by atoms with van der Waals surface area (Å²) in [6.45, 7) is 3.64. The molecule has 0 aromatic heterocycles. The third-order valence-electron chi connectivity index (χ3n) is 5.92. The van der Waals surface area contributed by atoms with Crippen LogP contribution < -0.4 is 11.1 Å². The van der Waals surface area contributed by atoms with Crippen LogP contribution in [0.3, 0.4) is 0 Å². The summed E-state index contributed by atoms with van der Waals surface area (Å²) in [5.41, 5.74) is 6.67. The lowest BCUT2D eigenvalue weighted by Gasteiger charge is -2.36. The number of esters is 1. The molecule has 3 aromatic rings. The second kappa shape index (κ2) is 11.3. The van der Waals surface area contributed by atoms with Crippen LogP contribution in [0.25, 0.3) is 0 Å². The molecule has 0 saturated carbocycles. The molecule has 6 nitrogen and oxygen atoms in total. The Bertz CT molecular complexity index is 1000. The standard InChI is InChI=1S/C28H30N2O4/c1-3-34-24(31)19-20(2)25(26(29)32)30-27(33)28(21-13-7-4-8-14-21,22-15-9-5-10-16-22)23-17-11-6-12-18-23/h4-18,20,25H,3,19H2,1-2H3,(H2,29,32)(H,30,33)/t20-,25-/m0/s1. The zero-order valence-electron chi connectivity index (χ0n) is 19.4. The Morgan fingerprint density at radius 3 is 1.59 bits per heavy atom. The fraction of sp³-hybridized carbons (Fsp3) is 0.250. The fourth-order valence-corrected chi connectivity index (χ4v) is 4.30. The minimum absolute atomic E-state index is 0.0449. The average molecular weight is 459 g/mol. The summed E-state index contributed by atoms with van der Waals surface area (Å²) >= 11 is 0. The molecule has 2 atom stereocenters. The summed E-state index contributed by atoms with van der Waals surface area (Å²) in [4.78, 5) is 38.7. The number of carbonyl (C=O) groups is 3. The molecule has 0 radical (unpaired) electrons. The summed E-state index contributed by atoms with van der Waals surface area (Å²) in [5.74, 6) is -2.12. The number of hydrogen-bond donors (Lipinski definition) is 2. The lowest BCUT2D eigenvalue weighted by Crippen LogP contribution is -2.55. The molecule has 2 amide bonds. The van der Waals surface area contributed by atoms with Crippen molar-refractivity contribution in [3.63, 3.8) is 0 Å². The van der Waals surface area contributed by atoms with Crippen LogP contribution in [0.15, 0.2) is 91.0 Å². The van der Waals surface area contributed by atoms with Gasteiger partial charge >= 0.3 is 5.97 Å². The zero-order valence-corrected chi connectivity index (χ0v) is 19.4. The molecule has 0 aliphatic heterocycles. The minimum atomic E-state index is -1.25. The van der Waals surface area contributed by atoms with Gasteiger partial charge < -0.3 is 15.8 Å². The molecule has 0 saturated heterocycles. The minimum Gasteiger partial charge on any atom is -0.466 e. The molecule has 3 aromatic carbocycles. The van der Waals surface area contributed by atoms with E-state index in [1.165, 1.54) is 0 Å². The highest BCUT2D eigenvalue weighted by atomic mass is 16.5. The van der Waals surface area contributed by atoms with Crippen LogP contribution >= 0.6 is 0 Å². The Kier molecular flexibility index (Phi) is 8.19. The summed E-state index contributed by atoms with van der Waals surface area (Å²) in [6, 6.07) is 27.2. The number of nitrogens with two attached hydrogens (primary N) is 1. The third-order valence-corrected chi connectivity index (χ3v) is 5.92. The first kappa shape index (κ1) is 24.7. The Morgan fingerprint density at radius 1 is 0.824 bits per heavy atom. The molecule has 6 heteroatoms. The van der Waals surface area contributed by atoms with Gasteiger partial charge in [-0.3, -0.25) is 14.4 Å². The van der Waals surface area contributed by atoms with Gasteiger partial charge in [0.15, 0.2) is 0 Å². The van der Waals surface area contributed by atoms with E-state index in [1.807, 2.05) is 91.0 Å². The van der Waals surface area contributed by atoms with Crippen LogP contribution in [0.2, 0.25) is 0 Å². The van der Waals surface area contributed by atoms with E-state index in [9.17, 15) is 14.4 Å². The highest BCUT2D eigenvalue weighted by molar-refractivity contribution is 5.98. The van der Waals surface area contributed by atoms with Crippen LogP contribution in [0.4, 0.5) is 0 Å². The Labute approximate surface area is 200 Å². The van der Waals surface area contributed by atoms with Crippen LogP contribution in [-0.4, -0.2) is 30.4 Å². The van der Waals surface area contributed by atoms with Gasteiger partial charge in [-0.25, -0.2) is 0 Å². The fourth-order valence-electron chi connectivity index (χ4n) is 4.30. The Hall–Kier alpha value is -3.93. The Balaban J connectivity index is 2.13. The summed E-state index contributed by atoms with van der Waals surface area (Å²) < 4.78 is 5.02. The van der Waals surface area contributed by atoms with Gasteiger partial charge in [0.25, 0.3) is 0 Å². The van der Waals surface area contributed by atoms with Gasteiger partial charge in [0.2, 0.25) is 11.8 Å². The van der Waals surface area contributed by atoms with E-state index in [2.05, 4.69) is 5.32 Å². The van der Waals surface area contributed by atoms with Gasteiger partial charge in [0.1, 0.15) is 11.5 Å². The normalized spacial score (nSPS) is 12.9. The van der Waals surface area contributed by atoms with Crippen molar-refractivity contribution in [2.24, 2.45) is 11.7 Å². The van der Waals surface area contributed by atoms with Gasteiger partial charge in [0, 0.05) is 0 Å². The van der Waals surface area contributed by atoms with Gasteiger partial charge in [0.05, 0.1) is 13.0 Å². The summed E-state index contributed by atoms with van der Waals surface area (Å²) in [5, 5.41) is 2.88. The van der Waals surface area contributed by atoms with E-state index in [0.717, 1.165) is 16.7 Å². The van der Waals surface area contributed by atoms with E-state index in [4.69, 9.17) is 10.5 Å². The maximum atomic E-state index is 14.3. The van der Waals surface area contributed by atoms with Crippen molar-refractivity contribution in [2.45, 2.75) is 31.7 Å². The lowest BCUT2D eigenvalue weighted by molar-refractivity contribution is -0.145. The number of ether oxygens (including phenoxy) is 1. The molecule has 0 aliphatic rings. The van der Waals surface area contributed by atoms with Gasteiger partial charge in [-0.05, 0) is 29.5 Å². The molecule has 3 rings (SSSR count). The zero-order chi connectivity index (χ0) is 24.6. The molecular weight excluding hydrogens is 428 g/mol. The first-order chi connectivity index (χ1) is 16.4. The highest BCUT2D eigenvalue weighted by Gasteiger charge is 2.45. The molecule has 0 unspecified atom stereocenters. The largest absolute Gasteiger partial charge is 0.466 e. The lowest BCUT2D eigenvalue weighted by atomic mass is 9.68. The van der Waals surface area contributed by atoms with Crippen molar-refractivity contribution in [3.8, 4) is 0 Å². The molecular formula is C28H30N2O4. The molecule has 0 bridgehead atoms. The van der Waals surface area contributed by atoms with Crippen LogP contribution in [0.1, 0.15) is 37.0 Å². The van der Waals surface area contributed by atoms with Gasteiger partial charge in [-0.15, -0.1) is 0 Å². The molecule has 0 aliphatic carbocycles. The number of primary amides is 1. The van der Waals surface area contributed by atoms with Crippen molar-refractivity contribution in [1.82, 2.24) is 5.32 Å².